The van der Waals surface area contributed by atoms with Crippen molar-refractivity contribution in [3.8, 4) is 0 Å². The van der Waals surface area contributed by atoms with Crippen molar-refractivity contribution in [2.24, 2.45) is 0 Å². The number of rotatable bonds is 0. The van der Waals surface area contributed by atoms with Gasteiger partial charge in [0.25, 0.3) is 5.91 Å². The summed E-state index contributed by atoms with van der Waals surface area (Å²) in [4.78, 5) is 15.4. The fourth-order valence-electron chi connectivity index (χ4n) is 2.39. The summed E-state index contributed by atoms with van der Waals surface area (Å²) < 4.78 is 0. The van der Waals surface area contributed by atoms with Gasteiger partial charge in [0.15, 0.2) is 0 Å². The summed E-state index contributed by atoms with van der Waals surface area (Å²) in [5.74, 6) is 1.29. The van der Waals surface area contributed by atoms with Crippen LogP contribution in [-0.2, 0) is 0 Å². The van der Waals surface area contributed by atoms with E-state index in [0.29, 0.717) is 6.04 Å². The van der Waals surface area contributed by atoms with Gasteiger partial charge in [-0.15, -0.1) is 11.8 Å². The molecule has 0 unspecified atom stereocenters. The molecule has 1 atom stereocenters. The second-order valence-electron chi connectivity index (χ2n) is 4.10. The van der Waals surface area contributed by atoms with Crippen LogP contribution in [0.2, 0.25) is 0 Å². The topological polar surface area (TPSA) is 20.3 Å². The first-order chi connectivity index (χ1) is 7.36. The smallest absolute Gasteiger partial charge is 0.255 e. The fraction of sp³-hybridized carbons (Fsp3) is 0.417. The molecule has 0 N–H and O–H groups in total. The average molecular weight is 219 g/mol. The summed E-state index contributed by atoms with van der Waals surface area (Å²) in [6, 6.07) is 8.43. The summed E-state index contributed by atoms with van der Waals surface area (Å²) in [7, 11) is 0. The molecule has 0 spiro atoms. The van der Waals surface area contributed by atoms with E-state index in [-0.39, 0.29) is 5.91 Å². The molecule has 3 rings (SSSR count). The maximum atomic E-state index is 12.2. The van der Waals surface area contributed by atoms with Crippen molar-refractivity contribution in [1.82, 2.24) is 4.90 Å². The van der Waals surface area contributed by atoms with Gasteiger partial charge < -0.3 is 4.90 Å². The van der Waals surface area contributed by atoms with Gasteiger partial charge >= 0.3 is 0 Å². The van der Waals surface area contributed by atoms with Crippen LogP contribution in [0.1, 0.15) is 23.2 Å². The maximum absolute atomic E-state index is 12.2. The molecular formula is C12H13NOS. The highest BCUT2D eigenvalue weighted by Gasteiger charge is 2.33. The van der Waals surface area contributed by atoms with Crippen LogP contribution < -0.4 is 0 Å². The Morgan fingerprint density at radius 1 is 1.33 bits per heavy atom. The molecular weight excluding hydrogens is 206 g/mol. The molecule has 2 heterocycles. The zero-order valence-electron chi connectivity index (χ0n) is 8.48. The van der Waals surface area contributed by atoms with E-state index in [1.54, 1.807) is 0 Å². The summed E-state index contributed by atoms with van der Waals surface area (Å²) >= 11 is 1.83. The minimum absolute atomic E-state index is 0.234. The molecule has 2 aliphatic heterocycles. The number of thioether (sulfide) groups is 1. The van der Waals surface area contributed by atoms with Crippen molar-refractivity contribution in [2.75, 3.05) is 12.3 Å². The first-order valence-corrected chi connectivity index (χ1v) is 6.37. The van der Waals surface area contributed by atoms with E-state index in [1.807, 2.05) is 30.0 Å². The van der Waals surface area contributed by atoms with E-state index in [9.17, 15) is 4.79 Å². The number of benzene rings is 1. The van der Waals surface area contributed by atoms with Gasteiger partial charge in [0, 0.05) is 23.2 Å². The molecule has 1 saturated heterocycles. The number of hydrogen-bond acceptors (Lipinski definition) is 2. The molecule has 2 aliphatic rings. The standard InChI is InChI=1S/C12H13NOS/c14-12-10-5-1-2-6-11(10)15-8-9-4-3-7-13(9)12/h1-2,5-6,9H,3-4,7-8H2/t9-/m0/s1. The van der Waals surface area contributed by atoms with Crippen LogP contribution >= 0.6 is 11.8 Å². The minimum atomic E-state index is 0.234. The summed E-state index contributed by atoms with van der Waals surface area (Å²) in [5.41, 5.74) is 0.895. The summed E-state index contributed by atoms with van der Waals surface area (Å²) in [5, 5.41) is 0. The van der Waals surface area contributed by atoms with Gasteiger partial charge in [-0.2, -0.15) is 0 Å². The Morgan fingerprint density at radius 2 is 2.20 bits per heavy atom. The van der Waals surface area contributed by atoms with Crippen molar-refractivity contribution in [2.45, 2.75) is 23.8 Å². The molecule has 1 aromatic rings. The van der Waals surface area contributed by atoms with Crippen LogP contribution in [-0.4, -0.2) is 29.1 Å². The van der Waals surface area contributed by atoms with Gasteiger partial charge in [0.05, 0.1) is 5.56 Å². The Morgan fingerprint density at radius 3 is 3.13 bits per heavy atom. The first-order valence-electron chi connectivity index (χ1n) is 5.39. The van der Waals surface area contributed by atoms with Crippen molar-refractivity contribution in [3.63, 3.8) is 0 Å². The van der Waals surface area contributed by atoms with Crippen LogP contribution in [0.3, 0.4) is 0 Å². The number of amides is 1. The highest BCUT2D eigenvalue weighted by molar-refractivity contribution is 7.99. The molecule has 0 aromatic heterocycles. The van der Waals surface area contributed by atoms with Crippen LogP contribution in [0.4, 0.5) is 0 Å². The molecule has 3 heteroatoms. The molecule has 1 fully saturated rings. The lowest BCUT2D eigenvalue weighted by Crippen LogP contribution is -2.35. The van der Waals surface area contributed by atoms with Gasteiger partial charge in [-0.25, -0.2) is 0 Å². The molecule has 1 aromatic carbocycles. The molecule has 0 saturated carbocycles. The van der Waals surface area contributed by atoms with Crippen LogP contribution in [0.25, 0.3) is 0 Å². The van der Waals surface area contributed by atoms with Gasteiger partial charge in [-0.05, 0) is 25.0 Å². The van der Waals surface area contributed by atoms with Crippen molar-refractivity contribution >= 4 is 17.7 Å². The Kier molecular flexibility index (Phi) is 2.20. The lowest BCUT2D eigenvalue weighted by atomic mass is 10.2. The maximum Gasteiger partial charge on any atom is 0.255 e. The third kappa shape index (κ3) is 1.46. The molecule has 0 aliphatic carbocycles. The predicted molar refractivity (Wildman–Crippen MR) is 61.2 cm³/mol. The number of carbonyl (C=O) groups excluding carboxylic acids is 1. The minimum Gasteiger partial charge on any atom is -0.335 e. The predicted octanol–water partition coefficient (Wildman–Crippen LogP) is 2.40. The first kappa shape index (κ1) is 9.28. The quantitative estimate of drug-likeness (QED) is 0.668. The number of hydrogen-bond donors (Lipinski definition) is 0. The third-order valence-electron chi connectivity index (χ3n) is 3.19. The monoisotopic (exact) mass is 219 g/mol. The van der Waals surface area contributed by atoms with Crippen molar-refractivity contribution < 1.29 is 4.79 Å². The molecule has 0 radical (unpaired) electrons. The SMILES string of the molecule is O=C1c2ccccc2SC[C@@H]2CCCN12. The normalized spacial score (nSPS) is 24.7. The molecule has 1 amide bonds. The average Bonchev–Trinajstić information content (AvgIpc) is 2.69. The van der Waals surface area contributed by atoms with Crippen LogP contribution in [0, 0.1) is 0 Å². The zero-order valence-corrected chi connectivity index (χ0v) is 9.30. The zero-order chi connectivity index (χ0) is 10.3. The fourth-order valence-corrected chi connectivity index (χ4v) is 3.59. The van der Waals surface area contributed by atoms with Gasteiger partial charge in [-0.1, -0.05) is 12.1 Å². The summed E-state index contributed by atoms with van der Waals surface area (Å²) in [6.45, 7) is 0.943. The van der Waals surface area contributed by atoms with Gasteiger partial charge in [-0.3, -0.25) is 4.79 Å². The summed E-state index contributed by atoms with van der Waals surface area (Å²) in [6.07, 6.45) is 2.34. The number of fused-ring (bicyclic) bond motifs is 2. The van der Waals surface area contributed by atoms with Crippen LogP contribution in [0.15, 0.2) is 29.2 Å². The Balaban J connectivity index is 2.04. The number of nitrogens with zero attached hydrogens (tertiary/aromatic N) is 1. The van der Waals surface area contributed by atoms with E-state index in [0.717, 1.165) is 22.8 Å². The van der Waals surface area contributed by atoms with E-state index in [2.05, 4.69) is 11.0 Å². The highest BCUT2D eigenvalue weighted by Crippen LogP contribution is 2.33. The van der Waals surface area contributed by atoms with E-state index in [4.69, 9.17) is 0 Å². The largest absolute Gasteiger partial charge is 0.335 e. The second kappa shape index (κ2) is 3.56. The Hall–Kier alpha value is -0.960. The van der Waals surface area contributed by atoms with Crippen molar-refractivity contribution in [3.05, 3.63) is 29.8 Å². The van der Waals surface area contributed by atoms with E-state index < -0.39 is 0 Å². The highest BCUT2D eigenvalue weighted by atomic mass is 32.2. The third-order valence-corrected chi connectivity index (χ3v) is 4.41. The molecule has 78 valence electrons. The van der Waals surface area contributed by atoms with Gasteiger partial charge in [0.2, 0.25) is 0 Å². The van der Waals surface area contributed by atoms with Crippen LogP contribution in [0.5, 0.6) is 0 Å². The molecule has 15 heavy (non-hydrogen) atoms. The van der Waals surface area contributed by atoms with E-state index >= 15 is 0 Å². The second-order valence-corrected chi connectivity index (χ2v) is 5.16. The lowest BCUT2D eigenvalue weighted by molar-refractivity contribution is 0.0749. The molecule has 2 nitrogen and oxygen atoms in total. The van der Waals surface area contributed by atoms with E-state index in [1.165, 1.54) is 12.8 Å². The Bertz CT molecular complexity index is 404. The van der Waals surface area contributed by atoms with Crippen molar-refractivity contribution in [1.29, 1.82) is 0 Å². The lowest BCUT2D eigenvalue weighted by Gasteiger charge is -2.21. The Labute approximate surface area is 93.7 Å². The van der Waals surface area contributed by atoms with Gasteiger partial charge in [0.1, 0.15) is 0 Å². The number of carbonyl (C=O) groups is 1. The molecule has 0 bridgehead atoms.